The summed E-state index contributed by atoms with van der Waals surface area (Å²) in [6.07, 6.45) is 4.86. The van der Waals surface area contributed by atoms with Crippen molar-refractivity contribution in [2.45, 2.75) is 39.0 Å². The maximum Gasteiger partial charge on any atom is 0.249 e. The summed E-state index contributed by atoms with van der Waals surface area (Å²) >= 11 is 0. The van der Waals surface area contributed by atoms with Crippen LogP contribution in [0.15, 0.2) is 16.9 Å². The van der Waals surface area contributed by atoms with E-state index in [-0.39, 0.29) is 18.6 Å². The van der Waals surface area contributed by atoms with Crippen molar-refractivity contribution in [3.8, 4) is 11.4 Å². The van der Waals surface area contributed by atoms with E-state index in [2.05, 4.69) is 20.6 Å². The molecule has 0 bridgehead atoms. The van der Waals surface area contributed by atoms with Gasteiger partial charge in [-0.05, 0) is 19.8 Å². The highest BCUT2D eigenvalue weighted by molar-refractivity contribution is 5.80. The summed E-state index contributed by atoms with van der Waals surface area (Å²) in [5, 5.41) is 10.8. The number of nitrogens with zero attached hydrogens (tertiary/aromatic N) is 4. The molecule has 8 heteroatoms. The van der Waals surface area contributed by atoms with Gasteiger partial charge >= 0.3 is 0 Å². The van der Waals surface area contributed by atoms with E-state index in [0.29, 0.717) is 18.3 Å². The molecular weight excluding hydrogens is 274 g/mol. The van der Waals surface area contributed by atoms with Crippen molar-refractivity contribution in [2.24, 2.45) is 0 Å². The van der Waals surface area contributed by atoms with Gasteiger partial charge in [0.15, 0.2) is 0 Å². The molecule has 1 atom stereocenters. The van der Waals surface area contributed by atoms with Crippen molar-refractivity contribution in [1.29, 1.82) is 0 Å². The predicted octanol–water partition coefficient (Wildman–Crippen LogP) is 0.748. The van der Waals surface area contributed by atoms with Crippen LogP contribution in [0.4, 0.5) is 0 Å². The molecule has 21 heavy (non-hydrogen) atoms. The molecule has 0 aromatic carbocycles. The first-order chi connectivity index (χ1) is 10.3. The molecule has 8 nitrogen and oxygen atoms in total. The number of aromatic nitrogens is 4. The Bertz CT molecular complexity index is 615. The van der Waals surface area contributed by atoms with Gasteiger partial charge in [0, 0.05) is 19.3 Å². The smallest absolute Gasteiger partial charge is 0.249 e. The summed E-state index contributed by atoms with van der Waals surface area (Å²) in [6, 6.07) is 0. The normalized spacial score (nSPS) is 18.0. The minimum absolute atomic E-state index is 0.133. The van der Waals surface area contributed by atoms with Gasteiger partial charge in [-0.3, -0.25) is 9.48 Å². The van der Waals surface area contributed by atoms with Crippen molar-refractivity contribution in [1.82, 2.24) is 25.2 Å². The Labute approximate surface area is 121 Å². The number of aryl methyl sites for hydroxylation is 1. The first-order valence-corrected chi connectivity index (χ1v) is 7.01. The maximum absolute atomic E-state index is 11.8. The molecule has 0 radical (unpaired) electrons. The molecule has 2 aromatic rings. The quantitative estimate of drug-likeness (QED) is 0.873. The zero-order valence-electron chi connectivity index (χ0n) is 11.8. The van der Waals surface area contributed by atoms with Gasteiger partial charge in [-0.1, -0.05) is 5.16 Å². The predicted molar refractivity (Wildman–Crippen MR) is 72.0 cm³/mol. The van der Waals surface area contributed by atoms with Crippen LogP contribution in [-0.4, -0.2) is 38.5 Å². The summed E-state index contributed by atoms with van der Waals surface area (Å²) in [7, 11) is 0. The van der Waals surface area contributed by atoms with E-state index in [4.69, 9.17) is 9.26 Å². The van der Waals surface area contributed by atoms with E-state index in [1.807, 2.05) is 13.1 Å². The van der Waals surface area contributed by atoms with Gasteiger partial charge in [-0.15, -0.1) is 0 Å². The van der Waals surface area contributed by atoms with Crippen LogP contribution in [0.5, 0.6) is 0 Å². The lowest BCUT2D eigenvalue weighted by Gasteiger charge is -2.07. The molecule has 1 aliphatic heterocycles. The third-order valence-corrected chi connectivity index (χ3v) is 3.32. The number of rotatable bonds is 5. The van der Waals surface area contributed by atoms with Gasteiger partial charge in [0.25, 0.3) is 0 Å². The van der Waals surface area contributed by atoms with Crippen LogP contribution in [0, 0.1) is 0 Å². The van der Waals surface area contributed by atoms with E-state index in [0.717, 1.165) is 24.9 Å². The summed E-state index contributed by atoms with van der Waals surface area (Å²) in [4.78, 5) is 16.0. The summed E-state index contributed by atoms with van der Waals surface area (Å²) in [5.41, 5.74) is 0.789. The van der Waals surface area contributed by atoms with Crippen molar-refractivity contribution >= 4 is 5.91 Å². The van der Waals surface area contributed by atoms with Crippen molar-refractivity contribution in [2.75, 3.05) is 6.61 Å². The second-order valence-electron chi connectivity index (χ2n) is 4.82. The second kappa shape index (κ2) is 6.04. The number of carbonyl (C=O) groups is 1. The lowest BCUT2D eigenvalue weighted by Crippen LogP contribution is -2.33. The molecule has 1 amide bonds. The Hall–Kier alpha value is -2.22. The fourth-order valence-electron chi connectivity index (χ4n) is 2.16. The Balaban J connectivity index is 1.58. The van der Waals surface area contributed by atoms with Gasteiger partial charge in [0.2, 0.25) is 17.6 Å². The van der Waals surface area contributed by atoms with Crippen LogP contribution < -0.4 is 5.32 Å². The first kappa shape index (κ1) is 13.7. The number of carbonyl (C=O) groups excluding carboxylic acids is 1. The molecule has 3 heterocycles. The Morgan fingerprint density at radius 3 is 3.19 bits per heavy atom. The molecule has 2 aromatic heterocycles. The van der Waals surface area contributed by atoms with Crippen LogP contribution in [0.1, 0.15) is 25.7 Å². The summed E-state index contributed by atoms with van der Waals surface area (Å²) in [6.45, 7) is 3.62. The van der Waals surface area contributed by atoms with Gasteiger partial charge in [-0.2, -0.15) is 10.1 Å². The number of amides is 1. The SMILES string of the molecule is CCn1cc(-c2noc(CNC(=O)[C@H]3CCCO3)n2)cn1. The average molecular weight is 291 g/mol. The molecule has 1 fully saturated rings. The van der Waals surface area contributed by atoms with E-state index in [1.54, 1.807) is 10.9 Å². The van der Waals surface area contributed by atoms with Gasteiger partial charge in [0.1, 0.15) is 6.10 Å². The molecule has 1 saturated heterocycles. The minimum Gasteiger partial charge on any atom is -0.368 e. The number of hydrogen-bond acceptors (Lipinski definition) is 6. The van der Waals surface area contributed by atoms with Crippen LogP contribution in [0.2, 0.25) is 0 Å². The van der Waals surface area contributed by atoms with Gasteiger partial charge < -0.3 is 14.6 Å². The molecule has 112 valence electrons. The lowest BCUT2D eigenvalue weighted by molar-refractivity contribution is -0.130. The van der Waals surface area contributed by atoms with Crippen LogP contribution in [0.3, 0.4) is 0 Å². The highest BCUT2D eigenvalue weighted by Crippen LogP contribution is 2.15. The Morgan fingerprint density at radius 2 is 2.48 bits per heavy atom. The third-order valence-electron chi connectivity index (χ3n) is 3.32. The van der Waals surface area contributed by atoms with Crippen molar-refractivity contribution < 1.29 is 14.1 Å². The highest BCUT2D eigenvalue weighted by Gasteiger charge is 2.23. The monoisotopic (exact) mass is 291 g/mol. The van der Waals surface area contributed by atoms with Crippen LogP contribution >= 0.6 is 0 Å². The summed E-state index contributed by atoms with van der Waals surface area (Å²) in [5.74, 6) is 0.697. The fraction of sp³-hybridized carbons (Fsp3) is 0.538. The molecule has 1 N–H and O–H groups in total. The molecule has 0 saturated carbocycles. The molecule has 0 spiro atoms. The molecular formula is C13H17N5O3. The van der Waals surface area contributed by atoms with Crippen molar-refractivity contribution in [3.05, 3.63) is 18.3 Å². The highest BCUT2D eigenvalue weighted by atomic mass is 16.5. The average Bonchev–Trinajstić information content (AvgIpc) is 3.24. The van der Waals surface area contributed by atoms with E-state index < -0.39 is 0 Å². The van der Waals surface area contributed by atoms with Crippen LogP contribution in [-0.2, 0) is 22.6 Å². The topological polar surface area (TPSA) is 95.1 Å². The van der Waals surface area contributed by atoms with Gasteiger partial charge in [-0.25, -0.2) is 0 Å². The standard InChI is InChI=1S/C13H17N5O3/c1-2-18-8-9(6-15-18)12-16-11(21-17-12)7-14-13(19)10-4-3-5-20-10/h6,8,10H,2-5,7H2,1H3,(H,14,19)/t10-/m1/s1. The van der Waals surface area contributed by atoms with Crippen LogP contribution in [0.25, 0.3) is 11.4 Å². The second-order valence-corrected chi connectivity index (χ2v) is 4.82. The molecule has 1 aliphatic rings. The molecule has 0 aliphatic carbocycles. The molecule has 3 rings (SSSR count). The summed E-state index contributed by atoms with van der Waals surface area (Å²) < 4.78 is 12.2. The molecule has 0 unspecified atom stereocenters. The van der Waals surface area contributed by atoms with E-state index in [1.165, 1.54) is 0 Å². The zero-order valence-corrected chi connectivity index (χ0v) is 11.8. The number of nitrogens with one attached hydrogen (secondary N) is 1. The first-order valence-electron chi connectivity index (χ1n) is 7.01. The van der Waals surface area contributed by atoms with Gasteiger partial charge in [0.05, 0.1) is 18.3 Å². The number of ether oxygens (including phenoxy) is 1. The zero-order chi connectivity index (χ0) is 14.7. The van der Waals surface area contributed by atoms with E-state index in [9.17, 15) is 4.79 Å². The number of hydrogen-bond donors (Lipinski definition) is 1. The fourth-order valence-corrected chi connectivity index (χ4v) is 2.16. The third kappa shape index (κ3) is 3.10. The largest absolute Gasteiger partial charge is 0.368 e. The Morgan fingerprint density at radius 1 is 1.57 bits per heavy atom. The van der Waals surface area contributed by atoms with E-state index >= 15 is 0 Å². The lowest BCUT2D eigenvalue weighted by atomic mass is 10.2. The maximum atomic E-state index is 11.8. The Kier molecular flexibility index (Phi) is 3.96. The minimum atomic E-state index is -0.352. The van der Waals surface area contributed by atoms with Crippen molar-refractivity contribution in [3.63, 3.8) is 0 Å².